The van der Waals surface area contributed by atoms with E-state index in [0.717, 1.165) is 30.8 Å². The number of nitrogens with zero attached hydrogens (tertiary/aromatic N) is 1. The molecule has 0 bridgehead atoms. The minimum Gasteiger partial charge on any atom is -0.335 e. The summed E-state index contributed by atoms with van der Waals surface area (Å²) in [5.74, 6) is -0.0837. The van der Waals surface area contributed by atoms with Gasteiger partial charge in [0.25, 0.3) is 5.91 Å². The summed E-state index contributed by atoms with van der Waals surface area (Å²) in [6, 6.07) is 6.58. The summed E-state index contributed by atoms with van der Waals surface area (Å²) in [6.45, 7) is 0.645. The zero-order valence-corrected chi connectivity index (χ0v) is 13.8. The van der Waals surface area contributed by atoms with Gasteiger partial charge >= 0.3 is 0 Å². The molecule has 1 saturated carbocycles. The van der Waals surface area contributed by atoms with Crippen LogP contribution in [0.3, 0.4) is 0 Å². The standard InChI is InChI=1S/C14H18BrNO3S/c1-20(18,19)13-7-2-4-11(10-13)14(17)16(9-8-15)12-5-3-6-12/h2,4,7,10,12H,3,5-6,8-9H2,1H3. The Kier molecular flexibility index (Phi) is 4.86. The van der Waals surface area contributed by atoms with E-state index in [-0.39, 0.29) is 10.8 Å². The topological polar surface area (TPSA) is 54.5 Å². The molecule has 1 fully saturated rings. The van der Waals surface area contributed by atoms with Crippen LogP contribution in [0.1, 0.15) is 29.6 Å². The second kappa shape index (κ2) is 6.26. The van der Waals surface area contributed by atoms with Crippen molar-refractivity contribution in [1.29, 1.82) is 0 Å². The van der Waals surface area contributed by atoms with Crippen molar-refractivity contribution < 1.29 is 13.2 Å². The third kappa shape index (κ3) is 3.41. The molecule has 1 aliphatic carbocycles. The highest BCUT2D eigenvalue weighted by atomic mass is 79.9. The number of carbonyl (C=O) groups is 1. The maximum Gasteiger partial charge on any atom is 0.254 e. The van der Waals surface area contributed by atoms with Crippen LogP contribution in [0.4, 0.5) is 0 Å². The molecule has 0 N–H and O–H groups in total. The number of benzene rings is 1. The molecular formula is C14H18BrNO3S. The van der Waals surface area contributed by atoms with Gasteiger partial charge in [-0.3, -0.25) is 4.79 Å². The first-order chi connectivity index (χ1) is 9.43. The lowest BCUT2D eigenvalue weighted by Gasteiger charge is -2.37. The van der Waals surface area contributed by atoms with Gasteiger partial charge in [-0.1, -0.05) is 22.0 Å². The fourth-order valence-corrected chi connectivity index (χ4v) is 3.31. The van der Waals surface area contributed by atoms with E-state index in [1.165, 1.54) is 12.1 Å². The number of halogens is 1. The lowest BCUT2D eigenvalue weighted by molar-refractivity contribution is 0.0599. The maximum absolute atomic E-state index is 12.6. The molecule has 1 aromatic carbocycles. The minimum absolute atomic E-state index is 0.0837. The van der Waals surface area contributed by atoms with Crippen molar-refractivity contribution in [3.63, 3.8) is 0 Å². The highest BCUT2D eigenvalue weighted by molar-refractivity contribution is 9.09. The highest BCUT2D eigenvalue weighted by Gasteiger charge is 2.29. The largest absolute Gasteiger partial charge is 0.335 e. The SMILES string of the molecule is CS(=O)(=O)c1cccc(C(=O)N(CCBr)C2CCC2)c1. The lowest BCUT2D eigenvalue weighted by atomic mass is 9.91. The third-order valence-electron chi connectivity index (χ3n) is 3.61. The van der Waals surface area contributed by atoms with Gasteiger partial charge in [0.2, 0.25) is 0 Å². The van der Waals surface area contributed by atoms with E-state index in [4.69, 9.17) is 0 Å². The first-order valence-electron chi connectivity index (χ1n) is 6.60. The van der Waals surface area contributed by atoms with E-state index < -0.39 is 9.84 Å². The molecule has 0 heterocycles. The zero-order valence-electron chi connectivity index (χ0n) is 11.4. The van der Waals surface area contributed by atoms with Gasteiger partial charge < -0.3 is 4.90 Å². The Balaban J connectivity index is 2.27. The van der Waals surface area contributed by atoms with Gasteiger partial charge in [0, 0.05) is 29.7 Å². The zero-order chi connectivity index (χ0) is 14.8. The van der Waals surface area contributed by atoms with Crippen LogP contribution >= 0.6 is 15.9 Å². The highest BCUT2D eigenvalue weighted by Crippen LogP contribution is 2.26. The molecule has 1 amide bonds. The van der Waals surface area contributed by atoms with E-state index in [0.29, 0.717) is 18.2 Å². The molecule has 0 aromatic heterocycles. The molecule has 20 heavy (non-hydrogen) atoms. The Bertz CT molecular complexity index is 596. The van der Waals surface area contributed by atoms with E-state index in [2.05, 4.69) is 15.9 Å². The molecule has 6 heteroatoms. The number of amides is 1. The van der Waals surface area contributed by atoms with Gasteiger partial charge in [-0.15, -0.1) is 0 Å². The fraction of sp³-hybridized carbons (Fsp3) is 0.500. The maximum atomic E-state index is 12.6. The molecule has 0 unspecified atom stereocenters. The fourth-order valence-electron chi connectivity index (χ4n) is 2.26. The average molecular weight is 360 g/mol. The van der Waals surface area contributed by atoms with Gasteiger partial charge in [-0.05, 0) is 37.5 Å². The number of hydrogen-bond acceptors (Lipinski definition) is 3. The number of carbonyl (C=O) groups excluding carboxylic acids is 1. The van der Waals surface area contributed by atoms with Crippen LogP contribution in [0, 0.1) is 0 Å². The summed E-state index contributed by atoms with van der Waals surface area (Å²) in [6.07, 6.45) is 4.37. The molecular weight excluding hydrogens is 342 g/mol. The molecule has 0 radical (unpaired) electrons. The number of alkyl halides is 1. The Hall–Kier alpha value is -0.880. The van der Waals surface area contributed by atoms with Gasteiger partial charge in [0.15, 0.2) is 9.84 Å². The van der Waals surface area contributed by atoms with Crippen molar-refractivity contribution >= 4 is 31.7 Å². The monoisotopic (exact) mass is 359 g/mol. The smallest absolute Gasteiger partial charge is 0.254 e. The van der Waals surface area contributed by atoms with E-state index in [1.807, 2.05) is 4.90 Å². The van der Waals surface area contributed by atoms with Crippen molar-refractivity contribution in [2.24, 2.45) is 0 Å². The molecule has 0 spiro atoms. The van der Waals surface area contributed by atoms with Crippen molar-refractivity contribution in [3.8, 4) is 0 Å². The van der Waals surface area contributed by atoms with Crippen LogP contribution in [0.25, 0.3) is 0 Å². The second-order valence-corrected chi connectivity index (χ2v) is 7.88. The van der Waals surface area contributed by atoms with Gasteiger partial charge in [-0.2, -0.15) is 0 Å². The van der Waals surface area contributed by atoms with Crippen molar-refractivity contribution in [2.75, 3.05) is 18.1 Å². The quantitative estimate of drug-likeness (QED) is 0.758. The van der Waals surface area contributed by atoms with Crippen molar-refractivity contribution in [1.82, 2.24) is 4.90 Å². The Labute approximate surface area is 128 Å². The number of sulfone groups is 1. The summed E-state index contributed by atoms with van der Waals surface area (Å²) in [5.41, 5.74) is 0.445. The summed E-state index contributed by atoms with van der Waals surface area (Å²) in [4.78, 5) is 14.6. The summed E-state index contributed by atoms with van der Waals surface area (Å²) in [7, 11) is -3.29. The lowest BCUT2D eigenvalue weighted by Crippen LogP contribution is -2.45. The van der Waals surface area contributed by atoms with Crippen LogP contribution in [0.5, 0.6) is 0 Å². The first-order valence-corrected chi connectivity index (χ1v) is 9.62. The molecule has 110 valence electrons. The van der Waals surface area contributed by atoms with Crippen LogP contribution in [-0.2, 0) is 9.84 Å². The molecule has 0 aliphatic heterocycles. The molecule has 2 rings (SSSR count). The van der Waals surface area contributed by atoms with Gasteiger partial charge in [-0.25, -0.2) is 8.42 Å². The molecule has 4 nitrogen and oxygen atoms in total. The second-order valence-electron chi connectivity index (χ2n) is 5.07. The van der Waals surface area contributed by atoms with Crippen molar-refractivity contribution in [3.05, 3.63) is 29.8 Å². The van der Waals surface area contributed by atoms with E-state index in [9.17, 15) is 13.2 Å². The Morgan fingerprint density at radius 1 is 1.40 bits per heavy atom. The van der Waals surface area contributed by atoms with Crippen LogP contribution in [0.2, 0.25) is 0 Å². The molecule has 0 saturated heterocycles. The van der Waals surface area contributed by atoms with E-state index in [1.54, 1.807) is 12.1 Å². The predicted octanol–water partition coefficient (Wildman–Crippen LogP) is 2.48. The van der Waals surface area contributed by atoms with Gasteiger partial charge in [0.05, 0.1) is 4.90 Å². The molecule has 1 aliphatic rings. The first kappa shape index (κ1) is 15.5. The van der Waals surface area contributed by atoms with Crippen LogP contribution < -0.4 is 0 Å². The van der Waals surface area contributed by atoms with Crippen LogP contribution in [-0.4, -0.2) is 43.4 Å². The molecule has 0 atom stereocenters. The Morgan fingerprint density at radius 3 is 2.60 bits per heavy atom. The number of rotatable bonds is 5. The van der Waals surface area contributed by atoms with Crippen molar-refractivity contribution in [2.45, 2.75) is 30.2 Å². The molecule has 1 aromatic rings. The number of hydrogen-bond donors (Lipinski definition) is 0. The Morgan fingerprint density at radius 2 is 2.10 bits per heavy atom. The average Bonchev–Trinajstić information content (AvgIpc) is 2.34. The third-order valence-corrected chi connectivity index (χ3v) is 5.08. The summed E-state index contributed by atoms with van der Waals surface area (Å²) < 4.78 is 23.1. The minimum atomic E-state index is -3.29. The summed E-state index contributed by atoms with van der Waals surface area (Å²) in [5, 5.41) is 0.723. The predicted molar refractivity (Wildman–Crippen MR) is 82.0 cm³/mol. The van der Waals surface area contributed by atoms with Crippen LogP contribution in [0.15, 0.2) is 29.2 Å². The normalized spacial score (nSPS) is 15.7. The van der Waals surface area contributed by atoms with Gasteiger partial charge in [0.1, 0.15) is 0 Å². The van der Waals surface area contributed by atoms with E-state index >= 15 is 0 Å². The summed E-state index contributed by atoms with van der Waals surface area (Å²) >= 11 is 3.37.